The van der Waals surface area contributed by atoms with Crippen LogP contribution in [0.15, 0.2) is 20.5 Å². The van der Waals surface area contributed by atoms with E-state index in [1.807, 2.05) is 26.8 Å². The SMILES string of the molecule is Cc1cc(C(=O)c2c(Br)cnn2C(C)C)sc1Br. The second-order valence-electron chi connectivity index (χ2n) is 4.28. The molecule has 0 saturated heterocycles. The lowest BCUT2D eigenvalue weighted by atomic mass is 10.2. The molecule has 0 aliphatic heterocycles. The first-order valence-electron chi connectivity index (χ1n) is 5.45. The molecule has 0 amide bonds. The van der Waals surface area contributed by atoms with Gasteiger partial charge in [-0.15, -0.1) is 11.3 Å². The molecule has 0 aromatic carbocycles. The Bertz CT molecular complexity index is 582. The third-order valence-electron chi connectivity index (χ3n) is 2.54. The first kappa shape index (κ1) is 14.0. The molecule has 0 saturated carbocycles. The zero-order valence-electron chi connectivity index (χ0n) is 10.2. The van der Waals surface area contributed by atoms with E-state index < -0.39 is 0 Å². The van der Waals surface area contributed by atoms with Crippen LogP contribution in [0.5, 0.6) is 0 Å². The number of carbonyl (C=O) groups is 1. The van der Waals surface area contributed by atoms with Gasteiger partial charge in [-0.05, 0) is 64.3 Å². The summed E-state index contributed by atoms with van der Waals surface area (Å²) in [7, 11) is 0. The summed E-state index contributed by atoms with van der Waals surface area (Å²) < 4.78 is 3.48. The Kier molecular flexibility index (Phi) is 4.08. The van der Waals surface area contributed by atoms with Crippen molar-refractivity contribution in [3.8, 4) is 0 Å². The number of thiophene rings is 1. The molecule has 18 heavy (non-hydrogen) atoms. The lowest BCUT2D eigenvalue weighted by molar-refractivity contribution is 0.103. The van der Waals surface area contributed by atoms with Crippen LogP contribution in [0.2, 0.25) is 0 Å². The molecule has 0 aliphatic carbocycles. The molecule has 0 atom stereocenters. The molecule has 2 rings (SSSR count). The zero-order valence-corrected chi connectivity index (χ0v) is 14.2. The number of rotatable bonds is 3. The van der Waals surface area contributed by atoms with Crippen molar-refractivity contribution in [1.82, 2.24) is 9.78 Å². The predicted molar refractivity (Wildman–Crippen MR) is 80.5 cm³/mol. The average Bonchev–Trinajstić information content (AvgIpc) is 2.83. The standard InChI is InChI=1S/C12H12Br2N2OS/c1-6(2)16-10(8(13)5-15-16)11(17)9-4-7(3)12(14)18-9/h4-6H,1-3H3. The Balaban J connectivity index is 2.49. The van der Waals surface area contributed by atoms with E-state index in [9.17, 15) is 4.79 Å². The summed E-state index contributed by atoms with van der Waals surface area (Å²) in [5.41, 5.74) is 1.69. The molecule has 0 spiro atoms. The number of hydrogen-bond acceptors (Lipinski definition) is 3. The van der Waals surface area contributed by atoms with Crippen LogP contribution in [0.3, 0.4) is 0 Å². The molecule has 0 N–H and O–H groups in total. The van der Waals surface area contributed by atoms with Gasteiger partial charge in [0.25, 0.3) is 0 Å². The summed E-state index contributed by atoms with van der Waals surface area (Å²) in [5, 5.41) is 4.23. The molecule has 0 fully saturated rings. The van der Waals surface area contributed by atoms with E-state index >= 15 is 0 Å². The summed E-state index contributed by atoms with van der Waals surface area (Å²) >= 11 is 8.30. The highest BCUT2D eigenvalue weighted by Crippen LogP contribution is 2.31. The van der Waals surface area contributed by atoms with Gasteiger partial charge in [-0.25, -0.2) is 0 Å². The van der Waals surface area contributed by atoms with E-state index in [4.69, 9.17) is 0 Å². The highest BCUT2D eigenvalue weighted by Gasteiger charge is 2.22. The van der Waals surface area contributed by atoms with Crippen LogP contribution in [-0.2, 0) is 0 Å². The van der Waals surface area contributed by atoms with Gasteiger partial charge in [0.15, 0.2) is 0 Å². The fourth-order valence-corrected chi connectivity index (χ4v) is 3.56. The van der Waals surface area contributed by atoms with Crippen LogP contribution < -0.4 is 0 Å². The Labute approximate surface area is 126 Å². The third kappa shape index (κ3) is 2.46. The largest absolute Gasteiger partial charge is 0.286 e. The first-order chi connectivity index (χ1) is 8.41. The van der Waals surface area contributed by atoms with Crippen LogP contribution in [-0.4, -0.2) is 15.6 Å². The van der Waals surface area contributed by atoms with E-state index in [1.54, 1.807) is 10.9 Å². The number of halogens is 2. The number of carbonyl (C=O) groups excluding carboxylic acids is 1. The number of nitrogens with zero attached hydrogens (tertiary/aromatic N) is 2. The van der Waals surface area contributed by atoms with Gasteiger partial charge in [-0.1, -0.05) is 0 Å². The monoisotopic (exact) mass is 390 g/mol. The van der Waals surface area contributed by atoms with Gasteiger partial charge in [-0.3, -0.25) is 9.48 Å². The maximum atomic E-state index is 12.5. The molecule has 96 valence electrons. The summed E-state index contributed by atoms with van der Waals surface area (Å²) in [6.07, 6.45) is 1.67. The zero-order chi connectivity index (χ0) is 13.4. The molecular formula is C12H12Br2N2OS. The van der Waals surface area contributed by atoms with Gasteiger partial charge in [0.1, 0.15) is 5.69 Å². The summed E-state index contributed by atoms with van der Waals surface area (Å²) in [6.45, 7) is 5.99. The van der Waals surface area contributed by atoms with E-state index in [2.05, 4.69) is 37.0 Å². The molecule has 0 unspecified atom stereocenters. The quantitative estimate of drug-likeness (QED) is 0.717. The lowest BCUT2D eigenvalue weighted by Crippen LogP contribution is -2.13. The minimum atomic E-state index is 0.00637. The van der Waals surface area contributed by atoms with Crippen molar-refractivity contribution >= 4 is 49.0 Å². The highest BCUT2D eigenvalue weighted by molar-refractivity contribution is 9.11. The Morgan fingerprint density at radius 1 is 1.44 bits per heavy atom. The first-order valence-corrected chi connectivity index (χ1v) is 7.85. The molecule has 6 heteroatoms. The summed E-state index contributed by atoms with van der Waals surface area (Å²) in [6, 6.07) is 2.06. The van der Waals surface area contributed by atoms with E-state index in [0.29, 0.717) is 5.69 Å². The van der Waals surface area contributed by atoms with Gasteiger partial charge in [0.2, 0.25) is 5.78 Å². The average molecular weight is 392 g/mol. The van der Waals surface area contributed by atoms with Crippen molar-refractivity contribution < 1.29 is 4.79 Å². The second-order valence-corrected chi connectivity index (χ2v) is 7.50. The smallest absolute Gasteiger partial charge is 0.222 e. The van der Waals surface area contributed by atoms with Gasteiger partial charge < -0.3 is 0 Å². The molecule has 3 nitrogen and oxygen atoms in total. The van der Waals surface area contributed by atoms with Gasteiger partial charge in [0, 0.05) is 6.04 Å². The molecular weight excluding hydrogens is 380 g/mol. The van der Waals surface area contributed by atoms with Crippen LogP contribution in [0.25, 0.3) is 0 Å². The molecule has 0 aliphatic rings. The third-order valence-corrected chi connectivity index (χ3v) is 5.25. The van der Waals surface area contributed by atoms with Crippen LogP contribution in [0, 0.1) is 6.92 Å². The van der Waals surface area contributed by atoms with Crippen LogP contribution >= 0.6 is 43.2 Å². The molecule has 0 radical (unpaired) electrons. The lowest BCUT2D eigenvalue weighted by Gasteiger charge is -2.09. The van der Waals surface area contributed by atoms with Crippen molar-refractivity contribution in [2.45, 2.75) is 26.8 Å². The van der Waals surface area contributed by atoms with E-state index in [0.717, 1.165) is 18.7 Å². The number of aromatic nitrogens is 2. The Hall–Kier alpha value is -0.460. The maximum Gasteiger partial charge on any atom is 0.222 e. The predicted octanol–water partition coefficient (Wildman–Crippen LogP) is 4.59. The number of aryl methyl sites for hydroxylation is 1. The van der Waals surface area contributed by atoms with Gasteiger partial charge in [-0.2, -0.15) is 5.10 Å². The minimum absolute atomic E-state index is 0.00637. The normalized spacial score (nSPS) is 11.2. The van der Waals surface area contributed by atoms with Gasteiger partial charge >= 0.3 is 0 Å². The molecule has 2 aromatic heterocycles. The maximum absolute atomic E-state index is 12.5. The Morgan fingerprint density at radius 2 is 2.11 bits per heavy atom. The van der Waals surface area contributed by atoms with Crippen LogP contribution in [0.4, 0.5) is 0 Å². The molecule has 2 heterocycles. The summed E-state index contributed by atoms with van der Waals surface area (Å²) in [5.74, 6) is 0.00637. The van der Waals surface area contributed by atoms with Crippen molar-refractivity contribution in [1.29, 1.82) is 0 Å². The topological polar surface area (TPSA) is 34.9 Å². The van der Waals surface area contributed by atoms with Crippen molar-refractivity contribution in [2.24, 2.45) is 0 Å². The molecule has 2 aromatic rings. The van der Waals surface area contributed by atoms with Crippen molar-refractivity contribution in [2.75, 3.05) is 0 Å². The van der Waals surface area contributed by atoms with E-state index in [1.165, 1.54) is 11.3 Å². The Morgan fingerprint density at radius 3 is 2.61 bits per heavy atom. The van der Waals surface area contributed by atoms with Crippen LogP contribution in [0.1, 0.15) is 40.8 Å². The fourth-order valence-electron chi connectivity index (χ4n) is 1.63. The highest BCUT2D eigenvalue weighted by atomic mass is 79.9. The van der Waals surface area contributed by atoms with Gasteiger partial charge in [0.05, 0.1) is 19.3 Å². The van der Waals surface area contributed by atoms with E-state index in [-0.39, 0.29) is 11.8 Å². The fraction of sp³-hybridized carbons (Fsp3) is 0.333. The summed E-state index contributed by atoms with van der Waals surface area (Å²) in [4.78, 5) is 13.2. The second kappa shape index (κ2) is 5.27. The minimum Gasteiger partial charge on any atom is -0.286 e. The number of ketones is 1. The van der Waals surface area contributed by atoms with Crippen molar-refractivity contribution in [3.63, 3.8) is 0 Å². The van der Waals surface area contributed by atoms with Crippen molar-refractivity contribution in [3.05, 3.63) is 36.7 Å². The number of hydrogen-bond donors (Lipinski definition) is 0. The molecule has 0 bridgehead atoms.